The number of fused-ring (bicyclic) bond motifs is 2. The highest BCUT2D eigenvalue weighted by molar-refractivity contribution is 7.07. The van der Waals surface area contributed by atoms with Gasteiger partial charge in [-0.15, -0.1) is 0 Å². The lowest BCUT2D eigenvalue weighted by molar-refractivity contribution is -0.136. The molecule has 2 aliphatic heterocycles. The van der Waals surface area contributed by atoms with Crippen LogP contribution in [-0.4, -0.2) is 29.5 Å². The van der Waals surface area contributed by atoms with Gasteiger partial charge in [-0.05, 0) is 24.6 Å². The first-order chi connectivity index (χ1) is 16.8. The Balaban J connectivity index is 1.88. The van der Waals surface area contributed by atoms with Crippen molar-refractivity contribution in [1.82, 2.24) is 4.57 Å². The summed E-state index contributed by atoms with van der Waals surface area (Å²) >= 11 is 7.52. The number of allylic oxidation sites excluding steroid dienone is 1. The number of methoxy groups -OCH3 is 1. The van der Waals surface area contributed by atoms with Gasteiger partial charge in [-0.25, -0.2) is 14.7 Å². The first-order valence-corrected chi connectivity index (χ1v) is 11.8. The number of amides is 2. The molecular formula is C25H18ClN3O5S. The quantitative estimate of drug-likeness (QED) is 0.496. The molecular weight excluding hydrogens is 490 g/mol. The van der Waals surface area contributed by atoms with Crippen molar-refractivity contribution in [3.05, 3.63) is 95.6 Å². The summed E-state index contributed by atoms with van der Waals surface area (Å²) in [6.07, 6.45) is 0. The van der Waals surface area contributed by atoms with E-state index in [1.54, 1.807) is 55.5 Å². The summed E-state index contributed by atoms with van der Waals surface area (Å²) in [5.41, 5.74) is 1.58. The normalized spacial score (nSPS) is 18.2. The summed E-state index contributed by atoms with van der Waals surface area (Å²) in [5, 5.41) is 0.358. The molecule has 0 N–H and O–H groups in total. The number of esters is 1. The fourth-order valence-corrected chi connectivity index (χ4v) is 5.86. The Bertz CT molecular complexity index is 1670. The molecule has 0 bridgehead atoms. The van der Waals surface area contributed by atoms with Gasteiger partial charge in [0, 0.05) is 17.5 Å². The molecule has 5 rings (SSSR count). The number of anilines is 1. The molecule has 0 unspecified atom stereocenters. The third kappa shape index (κ3) is 3.38. The monoisotopic (exact) mass is 507 g/mol. The van der Waals surface area contributed by atoms with Gasteiger partial charge in [-0.3, -0.25) is 19.0 Å². The predicted molar refractivity (Wildman–Crippen MR) is 131 cm³/mol. The Morgan fingerprint density at radius 1 is 1.09 bits per heavy atom. The van der Waals surface area contributed by atoms with Crippen molar-refractivity contribution in [1.29, 1.82) is 0 Å². The minimum Gasteiger partial charge on any atom is -0.466 e. The lowest BCUT2D eigenvalue weighted by atomic mass is 9.96. The zero-order valence-corrected chi connectivity index (χ0v) is 20.4. The Morgan fingerprint density at radius 3 is 2.46 bits per heavy atom. The zero-order chi connectivity index (χ0) is 25.0. The predicted octanol–water partition coefficient (Wildman–Crippen LogP) is 2.32. The number of rotatable bonds is 2. The molecule has 2 amide bonds. The SMILES string of the molecule is COC(=O)C1=C(C)N=c2sc(=C3C(=O)N(C(C)=O)c4ccccc43)c(=O)n2[C@H]1c1ccccc1Cl. The second kappa shape index (κ2) is 8.44. The number of carbonyl (C=O) groups is 3. The number of thiazole rings is 1. The number of nitrogens with zero attached hydrogens (tertiary/aromatic N) is 3. The molecule has 10 heteroatoms. The lowest BCUT2D eigenvalue weighted by Gasteiger charge is -2.25. The van der Waals surface area contributed by atoms with Crippen LogP contribution in [-0.2, 0) is 19.1 Å². The largest absolute Gasteiger partial charge is 0.466 e. The van der Waals surface area contributed by atoms with Crippen LogP contribution in [0.4, 0.5) is 5.69 Å². The van der Waals surface area contributed by atoms with Crippen molar-refractivity contribution in [3.63, 3.8) is 0 Å². The summed E-state index contributed by atoms with van der Waals surface area (Å²) in [6.45, 7) is 2.95. The maximum Gasteiger partial charge on any atom is 0.338 e. The van der Waals surface area contributed by atoms with Crippen molar-refractivity contribution in [2.75, 3.05) is 12.0 Å². The molecule has 1 atom stereocenters. The van der Waals surface area contributed by atoms with Gasteiger partial charge < -0.3 is 4.74 Å². The molecule has 0 saturated heterocycles. The van der Waals surface area contributed by atoms with E-state index >= 15 is 0 Å². The van der Waals surface area contributed by atoms with Gasteiger partial charge in [0.1, 0.15) is 10.6 Å². The molecule has 0 radical (unpaired) electrons. The van der Waals surface area contributed by atoms with E-state index in [4.69, 9.17) is 16.3 Å². The molecule has 2 aromatic carbocycles. The maximum atomic E-state index is 13.9. The minimum atomic E-state index is -0.905. The smallest absolute Gasteiger partial charge is 0.338 e. The third-order valence-electron chi connectivity index (χ3n) is 5.98. The summed E-state index contributed by atoms with van der Waals surface area (Å²) in [4.78, 5) is 58.2. The van der Waals surface area contributed by atoms with Crippen LogP contribution in [0.5, 0.6) is 0 Å². The Labute approximate surface area is 208 Å². The van der Waals surface area contributed by atoms with Crippen LogP contribution in [0.2, 0.25) is 5.02 Å². The van der Waals surface area contributed by atoms with Crippen LogP contribution in [0.25, 0.3) is 5.57 Å². The Morgan fingerprint density at radius 2 is 1.77 bits per heavy atom. The van der Waals surface area contributed by atoms with Crippen molar-refractivity contribution in [3.8, 4) is 0 Å². The fourth-order valence-electron chi connectivity index (χ4n) is 4.48. The van der Waals surface area contributed by atoms with Gasteiger partial charge >= 0.3 is 5.97 Å². The van der Waals surface area contributed by atoms with Crippen LogP contribution >= 0.6 is 22.9 Å². The highest BCUT2D eigenvalue weighted by atomic mass is 35.5. The highest BCUT2D eigenvalue weighted by Crippen LogP contribution is 2.36. The lowest BCUT2D eigenvalue weighted by Crippen LogP contribution is -2.41. The van der Waals surface area contributed by atoms with E-state index in [0.717, 1.165) is 16.2 Å². The van der Waals surface area contributed by atoms with Crippen LogP contribution in [0.3, 0.4) is 0 Å². The summed E-state index contributed by atoms with van der Waals surface area (Å²) in [6, 6.07) is 12.8. The Kier molecular flexibility index (Phi) is 5.53. The van der Waals surface area contributed by atoms with Gasteiger partial charge in [-0.1, -0.05) is 59.3 Å². The van der Waals surface area contributed by atoms with Crippen LogP contribution in [0.15, 0.2) is 69.6 Å². The molecule has 3 aromatic rings. The third-order valence-corrected chi connectivity index (χ3v) is 7.37. The summed E-state index contributed by atoms with van der Waals surface area (Å²) in [7, 11) is 1.25. The number of benzene rings is 2. The van der Waals surface area contributed by atoms with E-state index in [9.17, 15) is 19.2 Å². The topological polar surface area (TPSA) is 98.0 Å². The Hall–Kier alpha value is -3.82. The number of carbonyl (C=O) groups excluding carboxylic acids is 3. The number of hydrogen-bond donors (Lipinski definition) is 0. The number of para-hydroxylation sites is 1. The van der Waals surface area contributed by atoms with Crippen molar-refractivity contribution < 1.29 is 19.1 Å². The molecule has 0 spiro atoms. The number of aromatic nitrogens is 1. The van der Waals surface area contributed by atoms with E-state index in [0.29, 0.717) is 32.3 Å². The van der Waals surface area contributed by atoms with Crippen LogP contribution < -0.4 is 19.8 Å². The van der Waals surface area contributed by atoms with E-state index < -0.39 is 29.4 Å². The van der Waals surface area contributed by atoms with Gasteiger partial charge in [0.15, 0.2) is 4.80 Å². The maximum absolute atomic E-state index is 13.9. The number of imide groups is 1. The molecule has 1 aromatic heterocycles. The molecule has 176 valence electrons. The van der Waals surface area contributed by atoms with Gasteiger partial charge in [0.2, 0.25) is 5.91 Å². The molecule has 3 heterocycles. The second-order valence-electron chi connectivity index (χ2n) is 7.97. The number of ether oxygens (including phenoxy) is 1. The molecule has 35 heavy (non-hydrogen) atoms. The van der Waals surface area contributed by atoms with Crippen molar-refractivity contribution >= 4 is 52.0 Å². The number of halogens is 1. The van der Waals surface area contributed by atoms with E-state index in [1.165, 1.54) is 18.6 Å². The molecule has 8 nitrogen and oxygen atoms in total. The van der Waals surface area contributed by atoms with Crippen LogP contribution in [0, 0.1) is 0 Å². The van der Waals surface area contributed by atoms with Gasteiger partial charge in [-0.2, -0.15) is 0 Å². The van der Waals surface area contributed by atoms with E-state index in [2.05, 4.69) is 4.99 Å². The van der Waals surface area contributed by atoms with E-state index in [-0.39, 0.29) is 15.7 Å². The second-order valence-corrected chi connectivity index (χ2v) is 9.35. The zero-order valence-electron chi connectivity index (χ0n) is 18.9. The average molecular weight is 508 g/mol. The van der Waals surface area contributed by atoms with Crippen molar-refractivity contribution in [2.24, 2.45) is 4.99 Å². The van der Waals surface area contributed by atoms with Crippen molar-refractivity contribution in [2.45, 2.75) is 19.9 Å². The molecule has 2 aliphatic rings. The minimum absolute atomic E-state index is 0.123. The fraction of sp³-hybridized carbons (Fsp3) is 0.160. The average Bonchev–Trinajstić information content (AvgIpc) is 3.30. The first kappa shape index (κ1) is 22.9. The first-order valence-electron chi connectivity index (χ1n) is 10.6. The number of hydrogen-bond acceptors (Lipinski definition) is 7. The summed E-state index contributed by atoms with van der Waals surface area (Å²) in [5.74, 6) is -1.68. The van der Waals surface area contributed by atoms with Gasteiger partial charge in [0.05, 0.1) is 29.6 Å². The molecule has 0 aliphatic carbocycles. The van der Waals surface area contributed by atoms with Gasteiger partial charge in [0.25, 0.3) is 11.5 Å². The standard InChI is InChI=1S/C25H18ClN3O5S/c1-12-18(24(33)34-3)20(14-8-4-6-10-16(14)26)29-23(32)21(35-25(29)27-12)19-15-9-5-7-11-17(15)28(13(2)30)22(19)31/h4-11,20H,1-3H3/t20-/m0/s1. The highest BCUT2D eigenvalue weighted by Gasteiger charge is 2.38. The summed E-state index contributed by atoms with van der Waals surface area (Å²) < 4.78 is 6.49. The van der Waals surface area contributed by atoms with Crippen LogP contribution in [0.1, 0.15) is 31.0 Å². The molecule has 0 saturated carbocycles. The molecule has 0 fully saturated rings. The van der Waals surface area contributed by atoms with E-state index in [1.807, 2.05) is 0 Å².